The van der Waals surface area contributed by atoms with E-state index in [1.54, 1.807) is 0 Å². The highest BCUT2D eigenvalue weighted by atomic mass is 15.3. The van der Waals surface area contributed by atoms with Crippen LogP contribution in [0.3, 0.4) is 0 Å². The van der Waals surface area contributed by atoms with E-state index in [4.69, 9.17) is 5.73 Å². The summed E-state index contributed by atoms with van der Waals surface area (Å²) in [7, 11) is 4.30. The number of hydrogen-bond donors (Lipinski definition) is 1. The van der Waals surface area contributed by atoms with Crippen LogP contribution in [0, 0.1) is 0 Å². The molecular weight excluding hydrogens is 174 g/mol. The molecule has 0 aliphatic carbocycles. The van der Waals surface area contributed by atoms with Crippen LogP contribution in [0.25, 0.3) is 0 Å². The van der Waals surface area contributed by atoms with E-state index < -0.39 is 0 Å². The lowest BCUT2D eigenvalue weighted by molar-refractivity contribution is 0.0354. The summed E-state index contributed by atoms with van der Waals surface area (Å²) in [5, 5.41) is 0. The summed E-state index contributed by atoms with van der Waals surface area (Å²) in [6.45, 7) is 7.65. The SMILES string of the molecule is CC(C)N1CCCC(CN)(N(C)C)C1. The lowest BCUT2D eigenvalue weighted by Crippen LogP contribution is -2.61. The van der Waals surface area contributed by atoms with Crippen LogP contribution in [0.5, 0.6) is 0 Å². The van der Waals surface area contributed by atoms with Gasteiger partial charge in [-0.1, -0.05) is 0 Å². The Bertz CT molecular complexity index is 179. The molecule has 1 aliphatic rings. The smallest absolute Gasteiger partial charge is 0.0453 e. The fourth-order valence-corrected chi connectivity index (χ4v) is 2.30. The second-order valence-electron chi connectivity index (χ2n) is 4.99. The first-order chi connectivity index (χ1) is 6.52. The largest absolute Gasteiger partial charge is 0.329 e. The normalized spacial score (nSPS) is 30.2. The van der Waals surface area contributed by atoms with E-state index in [1.807, 2.05) is 0 Å². The molecule has 0 amide bonds. The maximum atomic E-state index is 5.93. The maximum absolute atomic E-state index is 5.93. The molecule has 1 heterocycles. The van der Waals surface area contributed by atoms with Crippen molar-refractivity contribution in [2.45, 2.75) is 38.3 Å². The number of piperidine rings is 1. The van der Waals surface area contributed by atoms with Gasteiger partial charge in [0, 0.05) is 24.7 Å². The van der Waals surface area contributed by atoms with Crippen molar-refractivity contribution >= 4 is 0 Å². The third kappa shape index (κ3) is 2.27. The van der Waals surface area contributed by atoms with Gasteiger partial charge in [-0.15, -0.1) is 0 Å². The van der Waals surface area contributed by atoms with Gasteiger partial charge in [0.2, 0.25) is 0 Å². The van der Waals surface area contributed by atoms with Gasteiger partial charge in [-0.2, -0.15) is 0 Å². The Morgan fingerprint density at radius 2 is 2.07 bits per heavy atom. The minimum absolute atomic E-state index is 0.211. The highest BCUT2D eigenvalue weighted by Crippen LogP contribution is 2.25. The first-order valence-corrected chi connectivity index (χ1v) is 5.63. The van der Waals surface area contributed by atoms with Crippen molar-refractivity contribution in [1.29, 1.82) is 0 Å². The Morgan fingerprint density at radius 3 is 2.50 bits per heavy atom. The second-order valence-corrected chi connectivity index (χ2v) is 4.99. The van der Waals surface area contributed by atoms with E-state index in [-0.39, 0.29) is 5.54 Å². The van der Waals surface area contributed by atoms with Gasteiger partial charge < -0.3 is 10.6 Å². The molecule has 0 radical (unpaired) electrons. The predicted octanol–water partition coefficient (Wildman–Crippen LogP) is 0.750. The van der Waals surface area contributed by atoms with Crippen LogP contribution in [-0.2, 0) is 0 Å². The lowest BCUT2D eigenvalue weighted by atomic mass is 9.87. The molecule has 0 aromatic rings. The van der Waals surface area contributed by atoms with Crippen molar-refractivity contribution in [3.63, 3.8) is 0 Å². The molecule has 1 atom stereocenters. The topological polar surface area (TPSA) is 32.5 Å². The average molecular weight is 199 g/mol. The minimum Gasteiger partial charge on any atom is -0.329 e. The zero-order valence-electron chi connectivity index (χ0n) is 10.1. The Balaban J connectivity index is 2.69. The quantitative estimate of drug-likeness (QED) is 0.728. The highest BCUT2D eigenvalue weighted by molar-refractivity contribution is 4.96. The number of rotatable bonds is 3. The van der Waals surface area contributed by atoms with Crippen LogP contribution in [0.15, 0.2) is 0 Å². The standard InChI is InChI=1S/C11H25N3/c1-10(2)14-7-5-6-11(8-12,9-14)13(3)4/h10H,5-9,12H2,1-4H3. The minimum atomic E-state index is 0.211. The molecule has 2 N–H and O–H groups in total. The van der Waals surface area contributed by atoms with E-state index >= 15 is 0 Å². The molecule has 0 aromatic carbocycles. The fraction of sp³-hybridized carbons (Fsp3) is 1.00. The molecule has 1 unspecified atom stereocenters. The molecule has 0 spiro atoms. The van der Waals surface area contributed by atoms with Crippen LogP contribution in [0.2, 0.25) is 0 Å². The van der Waals surface area contributed by atoms with Gasteiger partial charge in [0.1, 0.15) is 0 Å². The molecule has 14 heavy (non-hydrogen) atoms. The maximum Gasteiger partial charge on any atom is 0.0453 e. The molecule has 3 nitrogen and oxygen atoms in total. The molecule has 3 heteroatoms. The van der Waals surface area contributed by atoms with Crippen molar-refractivity contribution in [3.8, 4) is 0 Å². The Kier molecular flexibility index (Phi) is 3.93. The molecule has 1 fully saturated rings. The second kappa shape index (κ2) is 4.60. The van der Waals surface area contributed by atoms with Gasteiger partial charge in [-0.05, 0) is 47.3 Å². The molecule has 0 aromatic heterocycles. The molecular formula is C11H25N3. The molecule has 1 rings (SSSR count). The highest BCUT2D eigenvalue weighted by Gasteiger charge is 2.36. The average Bonchev–Trinajstić information content (AvgIpc) is 2.17. The van der Waals surface area contributed by atoms with Gasteiger partial charge in [0.15, 0.2) is 0 Å². The van der Waals surface area contributed by atoms with Gasteiger partial charge >= 0.3 is 0 Å². The Hall–Kier alpha value is -0.120. The van der Waals surface area contributed by atoms with Crippen molar-refractivity contribution in [2.24, 2.45) is 5.73 Å². The monoisotopic (exact) mass is 199 g/mol. The number of nitrogens with two attached hydrogens (primary N) is 1. The first kappa shape index (κ1) is 12.0. The van der Waals surface area contributed by atoms with Crippen LogP contribution < -0.4 is 5.73 Å². The number of nitrogens with zero attached hydrogens (tertiary/aromatic N) is 2. The van der Waals surface area contributed by atoms with Gasteiger partial charge in [0.25, 0.3) is 0 Å². The van der Waals surface area contributed by atoms with E-state index in [1.165, 1.54) is 19.4 Å². The summed E-state index contributed by atoms with van der Waals surface area (Å²) in [5.74, 6) is 0. The summed E-state index contributed by atoms with van der Waals surface area (Å²) in [5.41, 5.74) is 6.14. The molecule has 0 bridgehead atoms. The van der Waals surface area contributed by atoms with Crippen LogP contribution in [0.1, 0.15) is 26.7 Å². The van der Waals surface area contributed by atoms with E-state index in [0.29, 0.717) is 6.04 Å². The Labute approximate surface area is 88.2 Å². The summed E-state index contributed by atoms with van der Waals surface area (Å²) < 4.78 is 0. The molecule has 1 aliphatic heterocycles. The van der Waals surface area contributed by atoms with Crippen molar-refractivity contribution < 1.29 is 0 Å². The molecule has 84 valence electrons. The van der Waals surface area contributed by atoms with Crippen molar-refractivity contribution in [3.05, 3.63) is 0 Å². The number of likely N-dealkylation sites (N-methyl/N-ethyl adjacent to an activating group) is 1. The lowest BCUT2D eigenvalue weighted by Gasteiger charge is -2.47. The molecule has 0 saturated carbocycles. The van der Waals surface area contributed by atoms with Crippen LogP contribution >= 0.6 is 0 Å². The zero-order chi connectivity index (χ0) is 10.8. The molecule has 1 saturated heterocycles. The number of hydrogen-bond acceptors (Lipinski definition) is 3. The van der Waals surface area contributed by atoms with E-state index in [0.717, 1.165) is 13.1 Å². The summed E-state index contributed by atoms with van der Waals surface area (Å²) in [6, 6.07) is 0.640. The summed E-state index contributed by atoms with van der Waals surface area (Å²) in [4.78, 5) is 4.85. The first-order valence-electron chi connectivity index (χ1n) is 5.63. The fourth-order valence-electron chi connectivity index (χ4n) is 2.30. The Morgan fingerprint density at radius 1 is 1.43 bits per heavy atom. The number of likely N-dealkylation sites (tertiary alicyclic amines) is 1. The summed E-state index contributed by atoms with van der Waals surface area (Å²) >= 11 is 0. The van der Waals surface area contributed by atoms with Gasteiger partial charge in [0.05, 0.1) is 0 Å². The van der Waals surface area contributed by atoms with E-state index in [9.17, 15) is 0 Å². The predicted molar refractivity (Wildman–Crippen MR) is 61.4 cm³/mol. The van der Waals surface area contributed by atoms with E-state index in [2.05, 4.69) is 37.7 Å². The third-order valence-corrected chi connectivity index (χ3v) is 3.64. The third-order valence-electron chi connectivity index (χ3n) is 3.64. The van der Waals surface area contributed by atoms with Crippen LogP contribution in [-0.4, -0.2) is 55.1 Å². The van der Waals surface area contributed by atoms with Crippen molar-refractivity contribution in [2.75, 3.05) is 33.7 Å². The van der Waals surface area contributed by atoms with Crippen LogP contribution in [0.4, 0.5) is 0 Å². The van der Waals surface area contributed by atoms with Gasteiger partial charge in [-0.3, -0.25) is 4.90 Å². The van der Waals surface area contributed by atoms with Crippen molar-refractivity contribution in [1.82, 2.24) is 9.80 Å². The van der Waals surface area contributed by atoms with Gasteiger partial charge in [-0.25, -0.2) is 0 Å². The zero-order valence-corrected chi connectivity index (χ0v) is 10.1. The summed E-state index contributed by atoms with van der Waals surface area (Å²) in [6.07, 6.45) is 2.51.